The van der Waals surface area contributed by atoms with Crippen LogP contribution in [0.15, 0.2) is 40.9 Å². The van der Waals surface area contributed by atoms with E-state index in [0.717, 1.165) is 10.0 Å². The number of hydrogen-bond acceptors (Lipinski definition) is 4. The Kier molecular flexibility index (Phi) is 5.76. The summed E-state index contributed by atoms with van der Waals surface area (Å²) in [5, 5.41) is 10.7. The Hall–Kier alpha value is -2.45. The smallest absolute Gasteiger partial charge is 0.274 e. The minimum Gasteiger partial charge on any atom is -0.496 e. The van der Waals surface area contributed by atoms with E-state index in [4.69, 9.17) is 16.3 Å². The quantitative estimate of drug-likeness (QED) is 0.632. The van der Waals surface area contributed by atoms with E-state index in [1.54, 1.807) is 14.0 Å². The highest BCUT2D eigenvalue weighted by atomic mass is 79.9. The Bertz CT molecular complexity index is 1010. The standard InChI is InChI=1S/C18H15BrClFN4O2/c1-10-17(23-24-25(10)12-4-5-15(21)14(20)8-12)18(26)22-9-11-3-6-16(27-2)13(19)7-11/h3-8H,9H2,1-2H3,(H,22,26). The van der Waals surface area contributed by atoms with Crippen LogP contribution >= 0.6 is 27.5 Å². The summed E-state index contributed by atoms with van der Waals surface area (Å²) in [6.07, 6.45) is 0. The summed E-state index contributed by atoms with van der Waals surface area (Å²) in [6, 6.07) is 9.71. The molecule has 1 N–H and O–H groups in total. The van der Waals surface area contributed by atoms with Crippen molar-refractivity contribution in [2.24, 2.45) is 0 Å². The molecule has 0 radical (unpaired) electrons. The van der Waals surface area contributed by atoms with Crippen molar-refractivity contribution in [3.05, 3.63) is 68.7 Å². The summed E-state index contributed by atoms with van der Waals surface area (Å²) in [7, 11) is 1.59. The molecule has 0 atom stereocenters. The minimum absolute atomic E-state index is 0.0292. The average Bonchev–Trinajstić information content (AvgIpc) is 3.03. The van der Waals surface area contributed by atoms with Crippen molar-refractivity contribution < 1.29 is 13.9 Å². The molecule has 0 saturated carbocycles. The third-order valence-electron chi connectivity index (χ3n) is 3.93. The van der Waals surface area contributed by atoms with Crippen molar-refractivity contribution in [3.63, 3.8) is 0 Å². The fourth-order valence-electron chi connectivity index (χ4n) is 2.49. The molecule has 1 amide bonds. The first-order valence-corrected chi connectivity index (χ1v) is 9.06. The summed E-state index contributed by atoms with van der Waals surface area (Å²) in [6.45, 7) is 2.02. The van der Waals surface area contributed by atoms with E-state index < -0.39 is 5.82 Å². The number of halogens is 3. The first-order chi connectivity index (χ1) is 12.9. The molecule has 0 aliphatic heterocycles. The largest absolute Gasteiger partial charge is 0.496 e. The van der Waals surface area contributed by atoms with E-state index in [1.165, 1.54) is 22.9 Å². The van der Waals surface area contributed by atoms with Crippen LogP contribution in [0, 0.1) is 12.7 Å². The minimum atomic E-state index is -0.526. The lowest BCUT2D eigenvalue weighted by Gasteiger charge is -2.08. The van der Waals surface area contributed by atoms with Gasteiger partial charge in [0.15, 0.2) is 5.69 Å². The Labute approximate surface area is 168 Å². The van der Waals surface area contributed by atoms with Gasteiger partial charge in [0.2, 0.25) is 0 Å². The van der Waals surface area contributed by atoms with Crippen molar-refractivity contribution in [1.29, 1.82) is 0 Å². The molecular formula is C18H15BrClFN4O2. The van der Waals surface area contributed by atoms with Crippen molar-refractivity contribution in [3.8, 4) is 11.4 Å². The maximum atomic E-state index is 13.3. The number of rotatable bonds is 5. The number of benzene rings is 2. The number of methoxy groups -OCH3 is 1. The molecule has 0 bridgehead atoms. The van der Waals surface area contributed by atoms with Gasteiger partial charge in [0, 0.05) is 6.54 Å². The normalized spacial score (nSPS) is 10.7. The van der Waals surface area contributed by atoms with Gasteiger partial charge in [-0.2, -0.15) is 0 Å². The highest BCUT2D eigenvalue weighted by Gasteiger charge is 2.18. The van der Waals surface area contributed by atoms with Crippen molar-refractivity contribution in [2.45, 2.75) is 13.5 Å². The van der Waals surface area contributed by atoms with Crippen LogP contribution in [0.25, 0.3) is 5.69 Å². The number of hydrogen-bond donors (Lipinski definition) is 1. The molecule has 3 rings (SSSR count). The molecule has 0 aliphatic rings. The van der Waals surface area contributed by atoms with Crippen LogP contribution in [0.3, 0.4) is 0 Å². The highest BCUT2D eigenvalue weighted by Crippen LogP contribution is 2.25. The van der Waals surface area contributed by atoms with Gasteiger partial charge < -0.3 is 10.1 Å². The topological polar surface area (TPSA) is 69.0 Å². The molecule has 140 valence electrons. The molecule has 0 unspecified atom stereocenters. The van der Waals surface area contributed by atoms with Crippen molar-refractivity contribution >= 4 is 33.4 Å². The fourth-order valence-corrected chi connectivity index (χ4v) is 3.25. The van der Waals surface area contributed by atoms with Crippen LogP contribution in [-0.4, -0.2) is 28.0 Å². The fraction of sp³-hybridized carbons (Fsp3) is 0.167. The lowest BCUT2D eigenvalue weighted by molar-refractivity contribution is 0.0945. The number of aromatic nitrogens is 3. The number of amides is 1. The number of carbonyl (C=O) groups excluding carboxylic acids is 1. The molecule has 0 fully saturated rings. The molecule has 1 aromatic heterocycles. The number of carbonyl (C=O) groups is 1. The Balaban J connectivity index is 1.75. The zero-order valence-electron chi connectivity index (χ0n) is 14.5. The Morgan fingerprint density at radius 2 is 2.11 bits per heavy atom. The number of nitrogens with zero attached hydrogens (tertiary/aromatic N) is 3. The first-order valence-electron chi connectivity index (χ1n) is 7.89. The molecule has 2 aromatic carbocycles. The Morgan fingerprint density at radius 3 is 2.78 bits per heavy atom. The monoisotopic (exact) mass is 452 g/mol. The van der Waals surface area contributed by atoms with Crippen molar-refractivity contribution in [2.75, 3.05) is 7.11 Å². The second-order valence-electron chi connectivity index (χ2n) is 5.69. The summed E-state index contributed by atoms with van der Waals surface area (Å²) in [4.78, 5) is 12.5. The summed E-state index contributed by atoms with van der Waals surface area (Å²) < 4.78 is 20.7. The van der Waals surface area contributed by atoms with Crippen LogP contribution in [0.2, 0.25) is 5.02 Å². The van der Waals surface area contributed by atoms with E-state index in [2.05, 4.69) is 31.6 Å². The number of nitrogens with one attached hydrogen (secondary N) is 1. The van der Waals surface area contributed by atoms with Gasteiger partial charge in [-0.15, -0.1) is 5.10 Å². The predicted octanol–water partition coefficient (Wildman–Crippen LogP) is 4.07. The second kappa shape index (κ2) is 8.06. The molecule has 0 spiro atoms. The third-order valence-corrected chi connectivity index (χ3v) is 4.84. The van der Waals surface area contributed by atoms with Gasteiger partial charge in [0.05, 0.1) is 28.0 Å². The summed E-state index contributed by atoms with van der Waals surface area (Å²) in [5.74, 6) is -0.178. The lowest BCUT2D eigenvalue weighted by atomic mass is 10.2. The van der Waals surface area contributed by atoms with E-state index in [1.807, 2.05) is 18.2 Å². The van der Waals surface area contributed by atoms with Crippen LogP contribution < -0.4 is 10.1 Å². The highest BCUT2D eigenvalue weighted by molar-refractivity contribution is 9.10. The predicted molar refractivity (Wildman–Crippen MR) is 103 cm³/mol. The van der Waals surface area contributed by atoms with Crippen LogP contribution in [0.4, 0.5) is 4.39 Å². The molecule has 1 heterocycles. The Morgan fingerprint density at radius 1 is 1.33 bits per heavy atom. The van der Waals surface area contributed by atoms with Gasteiger partial charge in [-0.05, 0) is 58.7 Å². The summed E-state index contributed by atoms with van der Waals surface area (Å²) in [5.41, 5.74) is 2.12. The van der Waals surface area contributed by atoms with Gasteiger partial charge in [0.1, 0.15) is 11.6 Å². The zero-order chi connectivity index (χ0) is 19.6. The zero-order valence-corrected chi connectivity index (χ0v) is 16.8. The molecular weight excluding hydrogens is 439 g/mol. The van der Waals surface area contributed by atoms with E-state index in [9.17, 15) is 9.18 Å². The van der Waals surface area contributed by atoms with Crippen LogP contribution in [0.1, 0.15) is 21.7 Å². The molecule has 3 aromatic rings. The lowest BCUT2D eigenvalue weighted by Crippen LogP contribution is -2.24. The SMILES string of the molecule is COc1ccc(CNC(=O)c2nnn(-c3ccc(F)c(Cl)c3)c2C)cc1Br. The molecule has 27 heavy (non-hydrogen) atoms. The number of ether oxygens (including phenoxy) is 1. The second-order valence-corrected chi connectivity index (χ2v) is 6.95. The van der Waals surface area contributed by atoms with E-state index >= 15 is 0 Å². The van der Waals surface area contributed by atoms with Gasteiger partial charge >= 0.3 is 0 Å². The van der Waals surface area contributed by atoms with E-state index in [-0.39, 0.29) is 16.6 Å². The molecule has 0 saturated heterocycles. The van der Waals surface area contributed by atoms with Gasteiger partial charge in [-0.3, -0.25) is 4.79 Å². The molecule has 9 heteroatoms. The van der Waals surface area contributed by atoms with Gasteiger partial charge in [-0.1, -0.05) is 22.9 Å². The maximum Gasteiger partial charge on any atom is 0.274 e. The molecule has 0 aliphatic carbocycles. The average molecular weight is 454 g/mol. The van der Waals surface area contributed by atoms with Gasteiger partial charge in [-0.25, -0.2) is 9.07 Å². The van der Waals surface area contributed by atoms with E-state index in [0.29, 0.717) is 23.7 Å². The van der Waals surface area contributed by atoms with Gasteiger partial charge in [0.25, 0.3) is 5.91 Å². The first kappa shape index (κ1) is 19.3. The summed E-state index contributed by atoms with van der Waals surface area (Å²) >= 11 is 9.22. The molecule has 6 nitrogen and oxygen atoms in total. The van der Waals surface area contributed by atoms with Crippen LogP contribution in [0.5, 0.6) is 5.75 Å². The maximum absolute atomic E-state index is 13.3. The van der Waals surface area contributed by atoms with Crippen molar-refractivity contribution in [1.82, 2.24) is 20.3 Å². The van der Waals surface area contributed by atoms with Crippen LogP contribution in [-0.2, 0) is 6.54 Å². The third kappa shape index (κ3) is 4.12.